The topological polar surface area (TPSA) is 131 Å². The molecule has 0 aliphatic carbocycles. The fourth-order valence-corrected chi connectivity index (χ4v) is 1.58. The fourth-order valence-electron chi connectivity index (χ4n) is 1.58. The number of ether oxygens (including phenoxy) is 1. The summed E-state index contributed by atoms with van der Waals surface area (Å²) in [5.74, 6) is -1.80. The number of carboxylic acid groups (broad SMARTS) is 1. The van der Waals surface area contributed by atoms with Crippen molar-refractivity contribution in [1.82, 2.24) is 10.6 Å². The minimum atomic E-state index is -1.20. The molecule has 1 saturated heterocycles. The Morgan fingerprint density at radius 2 is 2.17 bits per heavy atom. The average molecular weight is 259 g/mol. The third kappa shape index (κ3) is 5.00. The van der Waals surface area contributed by atoms with Crippen molar-refractivity contribution in [2.75, 3.05) is 13.2 Å². The van der Waals surface area contributed by atoms with E-state index in [1.165, 1.54) is 0 Å². The number of nitrogens with two attached hydrogens (primary N) is 1. The lowest BCUT2D eigenvalue weighted by Gasteiger charge is -2.16. The monoisotopic (exact) mass is 259 g/mol. The SMILES string of the molecule is NC(=O)CC[C@H](NC(=O)NC1CCOC1)C(=O)O. The Hall–Kier alpha value is -1.83. The first-order valence-corrected chi connectivity index (χ1v) is 5.65. The minimum Gasteiger partial charge on any atom is -0.480 e. The summed E-state index contributed by atoms with van der Waals surface area (Å²) in [7, 11) is 0. The summed E-state index contributed by atoms with van der Waals surface area (Å²) >= 11 is 0. The van der Waals surface area contributed by atoms with E-state index in [9.17, 15) is 14.4 Å². The van der Waals surface area contributed by atoms with Crippen LogP contribution < -0.4 is 16.4 Å². The molecule has 0 bridgehead atoms. The Bertz CT molecular complexity index is 327. The van der Waals surface area contributed by atoms with E-state index >= 15 is 0 Å². The second kappa shape index (κ2) is 6.80. The van der Waals surface area contributed by atoms with Gasteiger partial charge in [0.2, 0.25) is 5.91 Å². The maximum Gasteiger partial charge on any atom is 0.326 e. The van der Waals surface area contributed by atoms with E-state index in [1.54, 1.807) is 0 Å². The Morgan fingerprint density at radius 3 is 2.67 bits per heavy atom. The molecule has 3 amide bonds. The van der Waals surface area contributed by atoms with Crippen LogP contribution in [-0.2, 0) is 14.3 Å². The highest BCUT2D eigenvalue weighted by molar-refractivity contribution is 5.83. The van der Waals surface area contributed by atoms with Crippen LogP contribution in [0.5, 0.6) is 0 Å². The van der Waals surface area contributed by atoms with Crippen LogP contribution in [0.1, 0.15) is 19.3 Å². The summed E-state index contributed by atoms with van der Waals surface area (Å²) in [6, 6.07) is -1.81. The summed E-state index contributed by atoms with van der Waals surface area (Å²) in [6.45, 7) is 1.00. The van der Waals surface area contributed by atoms with Crippen molar-refractivity contribution in [2.45, 2.75) is 31.3 Å². The molecule has 0 aromatic rings. The molecule has 1 rings (SSSR count). The lowest BCUT2D eigenvalue weighted by molar-refractivity contribution is -0.139. The molecule has 0 radical (unpaired) electrons. The predicted molar refractivity (Wildman–Crippen MR) is 60.7 cm³/mol. The van der Waals surface area contributed by atoms with E-state index in [4.69, 9.17) is 15.6 Å². The van der Waals surface area contributed by atoms with Gasteiger partial charge in [-0.3, -0.25) is 4.79 Å². The van der Waals surface area contributed by atoms with Crippen molar-refractivity contribution in [1.29, 1.82) is 0 Å². The summed E-state index contributed by atoms with van der Waals surface area (Å²) in [6.07, 6.45) is 0.579. The molecule has 1 unspecified atom stereocenters. The number of aliphatic carboxylic acids is 1. The largest absolute Gasteiger partial charge is 0.480 e. The summed E-state index contributed by atoms with van der Waals surface area (Å²) in [4.78, 5) is 32.9. The maximum atomic E-state index is 11.5. The smallest absolute Gasteiger partial charge is 0.326 e. The lowest BCUT2D eigenvalue weighted by Crippen LogP contribution is -2.49. The quantitative estimate of drug-likeness (QED) is 0.475. The van der Waals surface area contributed by atoms with Crippen LogP contribution in [0.15, 0.2) is 0 Å². The van der Waals surface area contributed by atoms with Crippen molar-refractivity contribution < 1.29 is 24.2 Å². The molecule has 0 aromatic heterocycles. The second-order valence-electron chi connectivity index (χ2n) is 4.07. The van der Waals surface area contributed by atoms with Crippen LogP contribution in [0.3, 0.4) is 0 Å². The molecule has 0 spiro atoms. The van der Waals surface area contributed by atoms with Crippen LogP contribution in [0, 0.1) is 0 Å². The minimum absolute atomic E-state index is 0.0285. The predicted octanol–water partition coefficient (Wildman–Crippen LogP) is -1.21. The number of carbonyl (C=O) groups excluding carboxylic acids is 2. The standard InChI is InChI=1S/C10H17N3O5/c11-8(14)2-1-7(9(15)16)13-10(17)12-6-3-4-18-5-6/h6-7H,1-5H2,(H2,11,14)(H,15,16)(H2,12,13,17)/t6?,7-/m0/s1. The van der Waals surface area contributed by atoms with E-state index in [0.29, 0.717) is 19.6 Å². The van der Waals surface area contributed by atoms with Crippen molar-refractivity contribution in [3.8, 4) is 0 Å². The molecule has 1 fully saturated rings. The summed E-state index contributed by atoms with van der Waals surface area (Å²) < 4.78 is 5.07. The zero-order valence-corrected chi connectivity index (χ0v) is 9.85. The van der Waals surface area contributed by atoms with Gasteiger partial charge in [-0.1, -0.05) is 0 Å². The van der Waals surface area contributed by atoms with Gasteiger partial charge in [0, 0.05) is 13.0 Å². The maximum absolute atomic E-state index is 11.5. The average Bonchev–Trinajstić information content (AvgIpc) is 2.76. The van der Waals surface area contributed by atoms with Gasteiger partial charge < -0.3 is 26.2 Å². The van der Waals surface area contributed by atoms with E-state index in [-0.39, 0.29) is 18.9 Å². The molecular formula is C10H17N3O5. The third-order valence-electron chi connectivity index (χ3n) is 2.55. The normalized spacial score (nSPS) is 20.1. The zero-order chi connectivity index (χ0) is 13.5. The van der Waals surface area contributed by atoms with Crippen molar-refractivity contribution >= 4 is 17.9 Å². The molecule has 1 aliphatic rings. The van der Waals surface area contributed by atoms with E-state index in [0.717, 1.165) is 0 Å². The van der Waals surface area contributed by atoms with Gasteiger partial charge in [-0.05, 0) is 12.8 Å². The van der Waals surface area contributed by atoms with Crippen LogP contribution in [0.2, 0.25) is 0 Å². The molecule has 0 aromatic carbocycles. The molecule has 8 nitrogen and oxygen atoms in total. The van der Waals surface area contributed by atoms with Crippen molar-refractivity contribution in [3.05, 3.63) is 0 Å². The number of rotatable bonds is 6. The molecule has 102 valence electrons. The number of primary amides is 1. The van der Waals surface area contributed by atoms with E-state index < -0.39 is 23.9 Å². The molecule has 2 atom stereocenters. The molecule has 5 N–H and O–H groups in total. The van der Waals surface area contributed by atoms with Gasteiger partial charge in [0.15, 0.2) is 0 Å². The number of hydrogen-bond donors (Lipinski definition) is 4. The van der Waals surface area contributed by atoms with Crippen molar-refractivity contribution in [3.63, 3.8) is 0 Å². The van der Waals surface area contributed by atoms with Gasteiger partial charge in [-0.15, -0.1) is 0 Å². The highest BCUT2D eigenvalue weighted by atomic mass is 16.5. The van der Waals surface area contributed by atoms with Crippen LogP contribution in [0.25, 0.3) is 0 Å². The van der Waals surface area contributed by atoms with Gasteiger partial charge in [0.05, 0.1) is 12.6 Å². The van der Waals surface area contributed by atoms with Gasteiger partial charge in [0.1, 0.15) is 6.04 Å². The Kier molecular flexibility index (Phi) is 5.37. The zero-order valence-electron chi connectivity index (χ0n) is 9.85. The number of carboxylic acids is 1. The second-order valence-corrected chi connectivity index (χ2v) is 4.07. The van der Waals surface area contributed by atoms with Gasteiger partial charge >= 0.3 is 12.0 Å². The summed E-state index contributed by atoms with van der Waals surface area (Å²) in [5, 5.41) is 13.8. The Labute approximate surface area is 104 Å². The first kappa shape index (κ1) is 14.2. The van der Waals surface area contributed by atoms with Gasteiger partial charge in [0.25, 0.3) is 0 Å². The van der Waals surface area contributed by atoms with Crippen molar-refractivity contribution in [2.24, 2.45) is 5.73 Å². The van der Waals surface area contributed by atoms with Crippen LogP contribution in [0.4, 0.5) is 4.79 Å². The molecule has 1 aliphatic heterocycles. The number of carbonyl (C=O) groups is 3. The first-order valence-electron chi connectivity index (χ1n) is 5.65. The van der Waals surface area contributed by atoms with Gasteiger partial charge in [-0.25, -0.2) is 9.59 Å². The van der Waals surface area contributed by atoms with Gasteiger partial charge in [-0.2, -0.15) is 0 Å². The third-order valence-corrected chi connectivity index (χ3v) is 2.55. The Balaban J connectivity index is 2.36. The molecular weight excluding hydrogens is 242 g/mol. The van der Waals surface area contributed by atoms with E-state index in [1.807, 2.05) is 0 Å². The number of hydrogen-bond acceptors (Lipinski definition) is 4. The highest BCUT2D eigenvalue weighted by Gasteiger charge is 2.23. The fraction of sp³-hybridized carbons (Fsp3) is 0.700. The molecule has 0 saturated carbocycles. The summed E-state index contributed by atoms with van der Waals surface area (Å²) in [5.41, 5.74) is 4.93. The molecule has 8 heteroatoms. The lowest BCUT2D eigenvalue weighted by atomic mass is 10.1. The first-order chi connectivity index (χ1) is 8.49. The number of amides is 3. The number of nitrogens with one attached hydrogen (secondary N) is 2. The van der Waals surface area contributed by atoms with Crippen LogP contribution >= 0.6 is 0 Å². The Morgan fingerprint density at radius 1 is 1.44 bits per heavy atom. The molecule has 1 heterocycles. The van der Waals surface area contributed by atoms with E-state index in [2.05, 4.69) is 10.6 Å². The van der Waals surface area contributed by atoms with Crippen LogP contribution in [-0.4, -0.2) is 48.3 Å². The number of urea groups is 1. The highest BCUT2D eigenvalue weighted by Crippen LogP contribution is 2.03. The molecule has 18 heavy (non-hydrogen) atoms.